The predicted octanol–water partition coefficient (Wildman–Crippen LogP) is 5.08. The minimum Gasteiger partial charge on any atom is -0.384 e. The zero-order valence-corrected chi connectivity index (χ0v) is 17.6. The zero-order valence-electron chi connectivity index (χ0n) is 17.6. The number of aliphatic hydroxyl groups excluding tert-OH is 1. The molecular formula is C26H25N3O2. The molecule has 0 aliphatic rings. The minimum absolute atomic E-state index is 0.256. The van der Waals surface area contributed by atoms with Gasteiger partial charge in [-0.25, -0.2) is 4.68 Å². The van der Waals surface area contributed by atoms with Gasteiger partial charge in [0.25, 0.3) is 5.91 Å². The van der Waals surface area contributed by atoms with Gasteiger partial charge >= 0.3 is 0 Å². The van der Waals surface area contributed by atoms with Crippen molar-refractivity contribution in [3.63, 3.8) is 0 Å². The summed E-state index contributed by atoms with van der Waals surface area (Å²) in [6.07, 6.45) is 0.147. The molecule has 0 aliphatic carbocycles. The highest BCUT2D eigenvalue weighted by Crippen LogP contribution is 2.24. The molecule has 0 saturated heterocycles. The smallest absolute Gasteiger partial charge is 0.274 e. The maximum atomic E-state index is 13.1. The Morgan fingerprint density at radius 2 is 1.71 bits per heavy atom. The molecule has 1 amide bonds. The van der Waals surface area contributed by atoms with Crippen LogP contribution in [0.15, 0.2) is 84.9 Å². The summed E-state index contributed by atoms with van der Waals surface area (Å²) in [5.74, 6) is -0.256. The van der Waals surface area contributed by atoms with E-state index in [4.69, 9.17) is 0 Å². The molecule has 2 N–H and O–H groups in total. The molecule has 5 nitrogen and oxygen atoms in total. The third-order valence-corrected chi connectivity index (χ3v) is 5.20. The van der Waals surface area contributed by atoms with Gasteiger partial charge in [-0.15, -0.1) is 0 Å². The van der Waals surface area contributed by atoms with Crippen LogP contribution in [0.3, 0.4) is 0 Å². The molecule has 1 unspecified atom stereocenters. The molecule has 0 fully saturated rings. The fourth-order valence-electron chi connectivity index (χ4n) is 3.58. The Labute approximate surface area is 182 Å². The lowest BCUT2D eigenvalue weighted by Gasteiger charge is -2.14. The molecule has 1 atom stereocenters. The van der Waals surface area contributed by atoms with Gasteiger partial charge in [-0.3, -0.25) is 4.79 Å². The minimum atomic E-state index is -0.761. The number of carbonyl (C=O) groups is 1. The van der Waals surface area contributed by atoms with E-state index in [-0.39, 0.29) is 5.91 Å². The topological polar surface area (TPSA) is 67.2 Å². The Hall–Kier alpha value is -3.70. The Kier molecular flexibility index (Phi) is 5.96. The van der Waals surface area contributed by atoms with E-state index in [2.05, 4.69) is 23.4 Å². The van der Waals surface area contributed by atoms with E-state index in [1.54, 1.807) is 16.8 Å². The highest BCUT2D eigenvalue weighted by Gasteiger charge is 2.17. The van der Waals surface area contributed by atoms with Crippen LogP contribution >= 0.6 is 0 Å². The highest BCUT2D eigenvalue weighted by atomic mass is 16.3. The highest BCUT2D eigenvalue weighted by molar-refractivity contribution is 6.03. The van der Waals surface area contributed by atoms with Gasteiger partial charge in [0.05, 0.1) is 11.4 Å². The van der Waals surface area contributed by atoms with Crippen molar-refractivity contribution >= 4 is 11.6 Å². The number of benzene rings is 3. The lowest BCUT2D eigenvalue weighted by Crippen LogP contribution is -2.17. The van der Waals surface area contributed by atoms with Crippen molar-refractivity contribution in [1.82, 2.24) is 9.78 Å². The molecule has 1 heterocycles. The molecule has 0 radical (unpaired) electrons. The van der Waals surface area contributed by atoms with Crippen molar-refractivity contribution in [3.8, 4) is 5.69 Å². The first-order valence-corrected chi connectivity index (χ1v) is 10.4. The second kappa shape index (κ2) is 8.98. The van der Waals surface area contributed by atoms with Crippen molar-refractivity contribution in [2.24, 2.45) is 0 Å². The molecule has 5 heteroatoms. The standard InChI is InChI=1S/C26H25N3O2/c1-3-19-9-7-14-23(16-19)29-24(15-18(2)28-29)26(31)27-22-13-8-12-21(17-22)25(30)20-10-5-4-6-11-20/h4-17,25,30H,3H2,1-2H3,(H,27,31). The van der Waals surface area contributed by atoms with Crippen LogP contribution in [0.5, 0.6) is 0 Å². The largest absolute Gasteiger partial charge is 0.384 e. The summed E-state index contributed by atoms with van der Waals surface area (Å²) in [4.78, 5) is 13.1. The number of aromatic nitrogens is 2. The van der Waals surface area contributed by atoms with E-state index in [0.717, 1.165) is 23.4 Å². The Morgan fingerprint density at radius 1 is 0.968 bits per heavy atom. The summed E-state index contributed by atoms with van der Waals surface area (Å²) >= 11 is 0. The van der Waals surface area contributed by atoms with Gasteiger partial charge in [0.15, 0.2) is 0 Å². The van der Waals surface area contributed by atoms with Crippen molar-refractivity contribution < 1.29 is 9.90 Å². The van der Waals surface area contributed by atoms with Crippen molar-refractivity contribution in [2.75, 3.05) is 5.32 Å². The van der Waals surface area contributed by atoms with Crippen LogP contribution in [0.4, 0.5) is 5.69 Å². The first-order valence-electron chi connectivity index (χ1n) is 10.4. The number of amides is 1. The van der Waals surface area contributed by atoms with Gasteiger partial charge in [-0.1, -0.05) is 61.5 Å². The van der Waals surface area contributed by atoms with Crippen LogP contribution in [0.1, 0.15) is 45.9 Å². The number of nitrogens with zero attached hydrogens (tertiary/aromatic N) is 2. The van der Waals surface area contributed by atoms with Crippen LogP contribution < -0.4 is 5.32 Å². The van der Waals surface area contributed by atoms with Crippen molar-refractivity contribution in [3.05, 3.63) is 113 Å². The number of rotatable bonds is 6. The molecule has 3 aromatic carbocycles. The van der Waals surface area contributed by atoms with Gasteiger partial charge in [-0.05, 0) is 60.4 Å². The van der Waals surface area contributed by atoms with Crippen LogP contribution in [0.2, 0.25) is 0 Å². The third kappa shape index (κ3) is 4.57. The monoisotopic (exact) mass is 411 g/mol. The van der Waals surface area contributed by atoms with Crippen LogP contribution in [0.25, 0.3) is 5.69 Å². The lowest BCUT2D eigenvalue weighted by molar-refractivity contribution is 0.101. The lowest BCUT2D eigenvalue weighted by atomic mass is 10.0. The maximum absolute atomic E-state index is 13.1. The fourth-order valence-corrected chi connectivity index (χ4v) is 3.58. The number of aliphatic hydroxyl groups is 1. The Morgan fingerprint density at radius 3 is 2.48 bits per heavy atom. The molecule has 4 rings (SSSR count). The summed E-state index contributed by atoms with van der Waals surface area (Å²) in [5.41, 5.74) is 5.38. The van der Waals surface area contributed by atoms with Gasteiger partial charge in [-0.2, -0.15) is 5.10 Å². The first-order chi connectivity index (χ1) is 15.0. The van der Waals surface area contributed by atoms with Gasteiger partial charge in [0.1, 0.15) is 11.8 Å². The molecule has 0 bridgehead atoms. The zero-order chi connectivity index (χ0) is 21.8. The third-order valence-electron chi connectivity index (χ3n) is 5.20. The van der Waals surface area contributed by atoms with E-state index in [0.29, 0.717) is 16.9 Å². The molecule has 1 aromatic heterocycles. The van der Waals surface area contributed by atoms with Crippen LogP contribution in [0, 0.1) is 6.92 Å². The van der Waals surface area contributed by atoms with Crippen LogP contribution in [-0.4, -0.2) is 20.8 Å². The summed E-state index contributed by atoms with van der Waals surface area (Å²) < 4.78 is 1.67. The number of hydrogen-bond acceptors (Lipinski definition) is 3. The number of hydrogen-bond donors (Lipinski definition) is 2. The van der Waals surface area contributed by atoms with E-state index in [1.165, 1.54) is 5.56 Å². The average molecular weight is 412 g/mol. The van der Waals surface area contributed by atoms with Crippen molar-refractivity contribution in [1.29, 1.82) is 0 Å². The Balaban J connectivity index is 1.60. The van der Waals surface area contributed by atoms with E-state index >= 15 is 0 Å². The number of carbonyl (C=O) groups excluding carboxylic acids is 1. The predicted molar refractivity (Wildman–Crippen MR) is 123 cm³/mol. The molecule has 31 heavy (non-hydrogen) atoms. The second-order valence-electron chi connectivity index (χ2n) is 7.50. The molecule has 156 valence electrons. The van der Waals surface area contributed by atoms with E-state index < -0.39 is 6.10 Å². The number of anilines is 1. The summed E-state index contributed by atoms with van der Waals surface area (Å²) in [6, 6.07) is 26.5. The normalized spacial score (nSPS) is 11.8. The van der Waals surface area contributed by atoms with E-state index in [9.17, 15) is 9.90 Å². The molecule has 0 aliphatic heterocycles. The molecule has 0 spiro atoms. The molecule has 0 saturated carbocycles. The van der Waals surface area contributed by atoms with Crippen LogP contribution in [-0.2, 0) is 6.42 Å². The summed E-state index contributed by atoms with van der Waals surface area (Å²) in [7, 11) is 0. The molecule has 4 aromatic rings. The number of aryl methyl sites for hydroxylation is 2. The van der Waals surface area contributed by atoms with Gasteiger partial charge in [0, 0.05) is 5.69 Å². The Bertz CT molecular complexity index is 1200. The second-order valence-corrected chi connectivity index (χ2v) is 7.50. The molecular weight excluding hydrogens is 386 g/mol. The SMILES string of the molecule is CCc1cccc(-n2nc(C)cc2C(=O)Nc2cccc(C(O)c3ccccc3)c2)c1. The number of nitrogens with one attached hydrogen (secondary N) is 1. The van der Waals surface area contributed by atoms with Gasteiger partial charge < -0.3 is 10.4 Å². The summed E-state index contributed by atoms with van der Waals surface area (Å²) in [5, 5.41) is 18.2. The van der Waals surface area contributed by atoms with Gasteiger partial charge in [0.2, 0.25) is 0 Å². The van der Waals surface area contributed by atoms with E-state index in [1.807, 2.05) is 73.7 Å². The fraction of sp³-hybridized carbons (Fsp3) is 0.154. The quantitative estimate of drug-likeness (QED) is 0.465. The first kappa shape index (κ1) is 20.6. The summed E-state index contributed by atoms with van der Waals surface area (Å²) in [6.45, 7) is 3.96. The maximum Gasteiger partial charge on any atom is 0.274 e. The van der Waals surface area contributed by atoms with Crippen molar-refractivity contribution in [2.45, 2.75) is 26.4 Å². The average Bonchev–Trinajstić information content (AvgIpc) is 3.21.